The van der Waals surface area contributed by atoms with Gasteiger partial charge in [0.05, 0.1) is 5.56 Å². The molecule has 1 atom stereocenters. The fourth-order valence-corrected chi connectivity index (χ4v) is 3.59. The van der Waals surface area contributed by atoms with Crippen molar-refractivity contribution in [3.63, 3.8) is 0 Å². The molecule has 0 unspecified atom stereocenters. The van der Waals surface area contributed by atoms with E-state index < -0.39 is 12.0 Å². The molecule has 0 saturated carbocycles. The van der Waals surface area contributed by atoms with E-state index in [0.29, 0.717) is 18.5 Å². The molecule has 0 aliphatic carbocycles. The van der Waals surface area contributed by atoms with Gasteiger partial charge in [0.1, 0.15) is 6.04 Å². The normalized spacial score (nSPS) is 17.3. The highest BCUT2D eigenvalue weighted by Crippen LogP contribution is 2.27. The van der Waals surface area contributed by atoms with Crippen LogP contribution in [0.5, 0.6) is 0 Å². The van der Waals surface area contributed by atoms with Gasteiger partial charge in [-0.1, -0.05) is 18.2 Å². The lowest BCUT2D eigenvalue weighted by Gasteiger charge is -2.21. The van der Waals surface area contributed by atoms with E-state index in [1.165, 1.54) is 4.90 Å². The molecule has 126 valence electrons. The van der Waals surface area contributed by atoms with Crippen molar-refractivity contribution in [1.29, 1.82) is 0 Å². The fourth-order valence-electron chi connectivity index (χ4n) is 3.59. The van der Waals surface area contributed by atoms with E-state index in [-0.39, 0.29) is 5.91 Å². The molecule has 1 aliphatic rings. The SMILES string of the molecule is Cc1ccccc1-n1c(C)cc(C(=O)N2CCC[C@@H]2C(=O)O)c1C. The lowest BCUT2D eigenvalue weighted by molar-refractivity contribution is -0.141. The number of carboxylic acids is 1. The third kappa shape index (κ3) is 2.60. The van der Waals surface area contributed by atoms with Gasteiger partial charge in [-0.2, -0.15) is 0 Å². The Labute approximate surface area is 141 Å². The average molecular weight is 326 g/mol. The minimum Gasteiger partial charge on any atom is -0.480 e. The molecule has 1 amide bonds. The van der Waals surface area contributed by atoms with Crippen molar-refractivity contribution < 1.29 is 14.7 Å². The number of aliphatic carboxylic acids is 1. The van der Waals surface area contributed by atoms with Crippen LogP contribution in [0, 0.1) is 20.8 Å². The number of carbonyl (C=O) groups is 2. The fraction of sp³-hybridized carbons (Fsp3) is 0.368. The van der Waals surface area contributed by atoms with Crippen LogP contribution in [0.2, 0.25) is 0 Å². The van der Waals surface area contributed by atoms with Gasteiger partial charge < -0.3 is 14.6 Å². The number of amides is 1. The molecule has 0 radical (unpaired) electrons. The van der Waals surface area contributed by atoms with Gasteiger partial charge in [0.25, 0.3) is 5.91 Å². The molecule has 24 heavy (non-hydrogen) atoms. The van der Waals surface area contributed by atoms with Crippen LogP contribution in [0.4, 0.5) is 0 Å². The molecule has 1 saturated heterocycles. The van der Waals surface area contributed by atoms with Crippen LogP contribution in [0.25, 0.3) is 5.69 Å². The first-order valence-corrected chi connectivity index (χ1v) is 8.20. The maximum Gasteiger partial charge on any atom is 0.326 e. The van der Waals surface area contributed by atoms with Crippen LogP contribution >= 0.6 is 0 Å². The zero-order valence-electron chi connectivity index (χ0n) is 14.2. The monoisotopic (exact) mass is 326 g/mol. The number of likely N-dealkylation sites (tertiary alicyclic amines) is 1. The first-order valence-electron chi connectivity index (χ1n) is 8.20. The Morgan fingerprint density at radius 2 is 1.88 bits per heavy atom. The first kappa shape index (κ1) is 16.3. The Bertz CT molecular complexity index is 807. The van der Waals surface area contributed by atoms with E-state index in [2.05, 4.69) is 4.57 Å². The molecule has 1 N–H and O–H groups in total. The molecule has 1 aliphatic heterocycles. The van der Waals surface area contributed by atoms with Crippen LogP contribution in [-0.2, 0) is 4.79 Å². The summed E-state index contributed by atoms with van der Waals surface area (Å²) in [5, 5.41) is 9.32. The Hall–Kier alpha value is -2.56. The zero-order chi connectivity index (χ0) is 17.4. The largest absolute Gasteiger partial charge is 0.480 e. The standard InChI is InChI=1S/C19H22N2O3/c1-12-7-4-5-8-16(12)21-13(2)11-15(14(21)3)18(22)20-10-6-9-17(20)19(23)24/h4-5,7-8,11,17H,6,9-10H2,1-3H3,(H,23,24)/t17-/m1/s1. The van der Waals surface area contributed by atoms with E-state index >= 15 is 0 Å². The molecule has 0 spiro atoms. The molecule has 2 aromatic rings. The number of hydrogen-bond donors (Lipinski definition) is 1. The molecular formula is C19H22N2O3. The molecule has 1 aromatic carbocycles. The van der Waals surface area contributed by atoms with Gasteiger partial charge >= 0.3 is 5.97 Å². The minimum absolute atomic E-state index is 0.187. The molecule has 3 rings (SSSR count). The second kappa shape index (κ2) is 6.15. The molecule has 2 heterocycles. The Morgan fingerprint density at radius 3 is 2.54 bits per heavy atom. The summed E-state index contributed by atoms with van der Waals surface area (Å²) >= 11 is 0. The number of carboxylic acid groups (broad SMARTS) is 1. The third-order valence-electron chi connectivity index (χ3n) is 4.82. The van der Waals surface area contributed by atoms with Crippen LogP contribution in [0.15, 0.2) is 30.3 Å². The van der Waals surface area contributed by atoms with Gasteiger partial charge in [-0.25, -0.2) is 4.79 Å². The highest BCUT2D eigenvalue weighted by molar-refractivity contribution is 5.98. The lowest BCUT2D eigenvalue weighted by atomic mass is 10.1. The predicted octanol–water partition coefficient (Wildman–Crippen LogP) is 3.09. The number of hydrogen-bond acceptors (Lipinski definition) is 2. The highest BCUT2D eigenvalue weighted by Gasteiger charge is 2.35. The van der Waals surface area contributed by atoms with Crippen LogP contribution < -0.4 is 0 Å². The zero-order valence-corrected chi connectivity index (χ0v) is 14.2. The highest BCUT2D eigenvalue weighted by atomic mass is 16.4. The third-order valence-corrected chi connectivity index (χ3v) is 4.82. The van der Waals surface area contributed by atoms with Crippen molar-refractivity contribution in [3.8, 4) is 5.69 Å². The van der Waals surface area contributed by atoms with Crippen molar-refractivity contribution in [2.45, 2.75) is 39.7 Å². The molecule has 5 heteroatoms. The van der Waals surface area contributed by atoms with Crippen molar-refractivity contribution >= 4 is 11.9 Å². The summed E-state index contributed by atoms with van der Waals surface area (Å²) < 4.78 is 2.06. The summed E-state index contributed by atoms with van der Waals surface area (Å²) in [5.74, 6) is -1.11. The minimum atomic E-state index is -0.923. The van der Waals surface area contributed by atoms with E-state index in [0.717, 1.165) is 29.1 Å². The average Bonchev–Trinajstić information content (AvgIpc) is 3.13. The maximum absolute atomic E-state index is 12.9. The number of benzene rings is 1. The molecule has 0 bridgehead atoms. The topological polar surface area (TPSA) is 62.5 Å². The summed E-state index contributed by atoms with van der Waals surface area (Å²) in [6.45, 7) is 6.42. The number of nitrogens with zero attached hydrogens (tertiary/aromatic N) is 2. The van der Waals surface area contributed by atoms with Gasteiger partial charge in [-0.3, -0.25) is 4.79 Å². The van der Waals surface area contributed by atoms with Crippen molar-refractivity contribution in [2.24, 2.45) is 0 Å². The van der Waals surface area contributed by atoms with Crippen LogP contribution in [-0.4, -0.2) is 39.0 Å². The predicted molar refractivity (Wildman–Crippen MR) is 91.7 cm³/mol. The van der Waals surface area contributed by atoms with Crippen molar-refractivity contribution in [3.05, 3.63) is 52.8 Å². The summed E-state index contributed by atoms with van der Waals surface area (Å²) in [5.41, 5.74) is 4.58. The molecule has 1 aromatic heterocycles. The van der Waals surface area contributed by atoms with Gasteiger partial charge in [0.2, 0.25) is 0 Å². The van der Waals surface area contributed by atoms with Crippen LogP contribution in [0.1, 0.15) is 40.2 Å². The van der Waals surface area contributed by atoms with Gasteiger partial charge in [0.15, 0.2) is 0 Å². The second-order valence-electron chi connectivity index (χ2n) is 6.40. The smallest absolute Gasteiger partial charge is 0.326 e. The van der Waals surface area contributed by atoms with E-state index in [9.17, 15) is 14.7 Å². The van der Waals surface area contributed by atoms with Crippen molar-refractivity contribution in [2.75, 3.05) is 6.54 Å². The second-order valence-corrected chi connectivity index (χ2v) is 6.40. The van der Waals surface area contributed by atoms with E-state index in [1.807, 2.05) is 51.1 Å². The number of aromatic nitrogens is 1. The number of carbonyl (C=O) groups excluding carboxylic acids is 1. The van der Waals surface area contributed by atoms with Gasteiger partial charge in [-0.05, 0) is 51.3 Å². The Morgan fingerprint density at radius 1 is 1.17 bits per heavy atom. The van der Waals surface area contributed by atoms with Crippen LogP contribution in [0.3, 0.4) is 0 Å². The quantitative estimate of drug-likeness (QED) is 0.943. The Balaban J connectivity index is 2.02. The summed E-state index contributed by atoms with van der Waals surface area (Å²) in [4.78, 5) is 25.8. The first-order chi connectivity index (χ1) is 11.4. The Kier molecular flexibility index (Phi) is 4.18. The molecular weight excluding hydrogens is 304 g/mol. The van der Waals surface area contributed by atoms with Crippen molar-refractivity contribution in [1.82, 2.24) is 9.47 Å². The number of aryl methyl sites for hydroxylation is 2. The van der Waals surface area contributed by atoms with E-state index in [1.54, 1.807) is 0 Å². The summed E-state index contributed by atoms with van der Waals surface area (Å²) in [6, 6.07) is 9.18. The van der Waals surface area contributed by atoms with Gasteiger partial charge in [0, 0.05) is 23.6 Å². The maximum atomic E-state index is 12.9. The van der Waals surface area contributed by atoms with E-state index in [4.69, 9.17) is 0 Å². The number of rotatable bonds is 3. The van der Waals surface area contributed by atoms with Gasteiger partial charge in [-0.15, -0.1) is 0 Å². The molecule has 1 fully saturated rings. The number of para-hydroxylation sites is 1. The molecule has 5 nitrogen and oxygen atoms in total. The summed E-state index contributed by atoms with van der Waals surface area (Å²) in [6.07, 6.45) is 1.26. The summed E-state index contributed by atoms with van der Waals surface area (Å²) in [7, 11) is 0. The lowest BCUT2D eigenvalue weighted by Crippen LogP contribution is -2.40.